The van der Waals surface area contributed by atoms with Crippen LogP contribution in [0, 0.1) is 5.82 Å². The third-order valence-corrected chi connectivity index (χ3v) is 2.34. The summed E-state index contributed by atoms with van der Waals surface area (Å²) >= 11 is 5.72. The maximum Gasteiger partial charge on any atom is 0.277 e. The Morgan fingerprint density at radius 1 is 1.47 bits per heavy atom. The van der Waals surface area contributed by atoms with Crippen LogP contribution in [0.25, 0.3) is 0 Å². The zero-order valence-corrected chi connectivity index (χ0v) is 10.3. The van der Waals surface area contributed by atoms with Gasteiger partial charge < -0.3 is 14.8 Å². The van der Waals surface area contributed by atoms with Gasteiger partial charge in [-0.3, -0.25) is 4.79 Å². The highest BCUT2D eigenvalue weighted by Crippen LogP contribution is 2.14. The second kappa shape index (κ2) is 6.54. The van der Waals surface area contributed by atoms with Gasteiger partial charge in [0.15, 0.2) is 0 Å². The predicted octanol–water partition coefficient (Wildman–Crippen LogP) is 1.71. The summed E-state index contributed by atoms with van der Waals surface area (Å²) in [6, 6.07) is 4.13. The first kappa shape index (κ1) is 13.9. The third-order valence-electron chi connectivity index (χ3n) is 2.10. The van der Waals surface area contributed by atoms with Crippen molar-refractivity contribution in [2.45, 2.75) is 12.8 Å². The molecule has 0 fully saturated rings. The van der Waals surface area contributed by atoms with Gasteiger partial charge in [-0.15, -0.1) is 0 Å². The topological polar surface area (TPSA) is 47.6 Å². The summed E-state index contributed by atoms with van der Waals surface area (Å²) in [6.45, 7) is 0.0223. The Bertz CT molecular complexity index is 396. The van der Waals surface area contributed by atoms with Crippen molar-refractivity contribution < 1.29 is 18.7 Å². The fourth-order valence-electron chi connectivity index (χ4n) is 1.25. The first-order valence-electron chi connectivity index (χ1n) is 4.85. The summed E-state index contributed by atoms with van der Waals surface area (Å²) in [5.74, 6) is -0.907. The first-order chi connectivity index (χ1) is 8.08. The minimum absolute atomic E-state index is 0.0223. The van der Waals surface area contributed by atoms with E-state index in [0.29, 0.717) is 10.6 Å². The molecule has 17 heavy (non-hydrogen) atoms. The molecule has 4 nitrogen and oxygen atoms in total. The minimum Gasteiger partial charge on any atom is -0.348 e. The Morgan fingerprint density at radius 2 is 2.12 bits per heavy atom. The number of hydrogen-bond donors (Lipinski definition) is 1. The molecule has 6 heteroatoms. The predicted molar refractivity (Wildman–Crippen MR) is 61.1 cm³/mol. The Balaban J connectivity index is 2.61. The monoisotopic (exact) mass is 261 g/mol. The molecule has 0 saturated carbocycles. The van der Waals surface area contributed by atoms with Gasteiger partial charge in [0.05, 0.1) is 0 Å². The summed E-state index contributed by atoms with van der Waals surface area (Å²) in [7, 11) is 2.68. The SMILES string of the molecule is COC(OC)C(=O)NCc1cc(Cl)ccc1F. The van der Waals surface area contributed by atoms with Crippen molar-refractivity contribution >= 4 is 17.5 Å². The third kappa shape index (κ3) is 3.96. The second-order valence-corrected chi connectivity index (χ2v) is 3.69. The van der Waals surface area contributed by atoms with Gasteiger partial charge in [0.1, 0.15) is 5.82 Å². The molecule has 94 valence electrons. The molecular formula is C11H13ClFNO3. The molecule has 1 amide bonds. The minimum atomic E-state index is -1.00. The van der Waals surface area contributed by atoms with Crippen LogP contribution < -0.4 is 5.32 Å². The molecule has 1 rings (SSSR count). The van der Waals surface area contributed by atoms with Crippen LogP contribution in [0.2, 0.25) is 5.02 Å². The Kier molecular flexibility index (Phi) is 5.34. The molecule has 0 bridgehead atoms. The van der Waals surface area contributed by atoms with Crippen molar-refractivity contribution in [1.29, 1.82) is 0 Å². The van der Waals surface area contributed by atoms with E-state index >= 15 is 0 Å². The summed E-state index contributed by atoms with van der Waals surface area (Å²) in [5, 5.41) is 2.89. The summed E-state index contributed by atoms with van der Waals surface area (Å²) in [6.07, 6.45) is -1.00. The highest BCUT2D eigenvalue weighted by Gasteiger charge is 2.16. The van der Waals surface area contributed by atoms with Gasteiger partial charge in [0.25, 0.3) is 5.91 Å². The van der Waals surface area contributed by atoms with Crippen LogP contribution in [0.4, 0.5) is 4.39 Å². The number of nitrogens with one attached hydrogen (secondary N) is 1. The lowest BCUT2D eigenvalue weighted by atomic mass is 10.2. The van der Waals surface area contributed by atoms with E-state index in [2.05, 4.69) is 5.32 Å². The first-order valence-corrected chi connectivity index (χ1v) is 5.23. The van der Waals surface area contributed by atoms with Crippen LogP contribution >= 0.6 is 11.6 Å². The number of amides is 1. The van der Waals surface area contributed by atoms with E-state index in [4.69, 9.17) is 21.1 Å². The number of ether oxygens (including phenoxy) is 2. The summed E-state index contributed by atoms with van der Waals surface area (Å²) in [5.41, 5.74) is 0.303. The van der Waals surface area contributed by atoms with Gasteiger partial charge in [0.2, 0.25) is 6.29 Å². The van der Waals surface area contributed by atoms with E-state index in [-0.39, 0.29) is 6.54 Å². The number of methoxy groups -OCH3 is 2. The van der Waals surface area contributed by atoms with Crippen LogP contribution in [0.1, 0.15) is 5.56 Å². The lowest BCUT2D eigenvalue weighted by Crippen LogP contribution is -2.36. The lowest BCUT2D eigenvalue weighted by molar-refractivity contribution is -0.159. The number of halogens is 2. The molecule has 0 aromatic heterocycles. The maximum absolute atomic E-state index is 13.3. The molecule has 0 heterocycles. The highest BCUT2D eigenvalue weighted by molar-refractivity contribution is 6.30. The molecule has 0 aliphatic carbocycles. The van der Waals surface area contributed by atoms with E-state index < -0.39 is 18.0 Å². The van der Waals surface area contributed by atoms with Crippen molar-refractivity contribution in [3.63, 3.8) is 0 Å². The molecule has 0 radical (unpaired) electrons. The number of carbonyl (C=O) groups excluding carboxylic acids is 1. The van der Waals surface area contributed by atoms with E-state index in [1.807, 2.05) is 0 Å². The quantitative estimate of drug-likeness (QED) is 0.821. The average Bonchev–Trinajstić information content (AvgIpc) is 2.32. The van der Waals surface area contributed by atoms with Crippen molar-refractivity contribution in [1.82, 2.24) is 5.32 Å². The molecule has 1 aromatic rings. The zero-order chi connectivity index (χ0) is 12.8. The summed E-state index contributed by atoms with van der Waals surface area (Å²) in [4.78, 5) is 11.5. The Morgan fingerprint density at radius 3 is 2.71 bits per heavy atom. The van der Waals surface area contributed by atoms with Crippen LogP contribution in [-0.4, -0.2) is 26.4 Å². The smallest absolute Gasteiger partial charge is 0.277 e. The molecule has 0 atom stereocenters. The van der Waals surface area contributed by atoms with E-state index in [9.17, 15) is 9.18 Å². The van der Waals surface area contributed by atoms with Crippen molar-refractivity contribution in [2.24, 2.45) is 0 Å². The fraction of sp³-hybridized carbons (Fsp3) is 0.364. The molecule has 1 N–H and O–H groups in total. The molecule has 0 spiro atoms. The average molecular weight is 262 g/mol. The molecule has 0 aliphatic heterocycles. The summed E-state index contributed by atoms with van der Waals surface area (Å²) < 4.78 is 22.8. The number of rotatable bonds is 5. The highest BCUT2D eigenvalue weighted by atomic mass is 35.5. The van der Waals surface area contributed by atoms with Crippen molar-refractivity contribution in [3.05, 3.63) is 34.6 Å². The van der Waals surface area contributed by atoms with Gasteiger partial charge >= 0.3 is 0 Å². The zero-order valence-electron chi connectivity index (χ0n) is 9.50. The van der Waals surface area contributed by atoms with Crippen LogP contribution in [0.5, 0.6) is 0 Å². The molecule has 1 aromatic carbocycles. The standard InChI is InChI=1S/C11H13ClFNO3/c1-16-11(17-2)10(15)14-6-7-5-8(12)3-4-9(7)13/h3-5,11H,6H2,1-2H3,(H,14,15). The number of hydrogen-bond acceptors (Lipinski definition) is 3. The maximum atomic E-state index is 13.3. The fourth-order valence-corrected chi connectivity index (χ4v) is 1.45. The van der Waals surface area contributed by atoms with Crippen LogP contribution in [0.3, 0.4) is 0 Å². The number of carbonyl (C=O) groups is 1. The van der Waals surface area contributed by atoms with Gasteiger partial charge in [-0.25, -0.2) is 4.39 Å². The number of benzene rings is 1. The van der Waals surface area contributed by atoms with Gasteiger partial charge in [0, 0.05) is 31.4 Å². The lowest BCUT2D eigenvalue weighted by Gasteiger charge is -2.13. The van der Waals surface area contributed by atoms with Crippen LogP contribution in [0.15, 0.2) is 18.2 Å². The Labute approximate surface area is 104 Å². The Hall–Kier alpha value is -1.17. The normalized spacial score (nSPS) is 10.6. The van der Waals surface area contributed by atoms with E-state index in [1.54, 1.807) is 0 Å². The largest absolute Gasteiger partial charge is 0.348 e. The van der Waals surface area contributed by atoms with Gasteiger partial charge in [-0.2, -0.15) is 0 Å². The van der Waals surface area contributed by atoms with Crippen LogP contribution in [-0.2, 0) is 20.8 Å². The second-order valence-electron chi connectivity index (χ2n) is 3.26. The van der Waals surface area contributed by atoms with Crippen molar-refractivity contribution in [2.75, 3.05) is 14.2 Å². The molecular weight excluding hydrogens is 249 g/mol. The molecule has 0 aliphatic rings. The van der Waals surface area contributed by atoms with Gasteiger partial charge in [-0.1, -0.05) is 11.6 Å². The molecule has 0 unspecified atom stereocenters. The van der Waals surface area contributed by atoms with E-state index in [0.717, 1.165) is 0 Å². The van der Waals surface area contributed by atoms with E-state index in [1.165, 1.54) is 32.4 Å². The van der Waals surface area contributed by atoms with Crippen molar-refractivity contribution in [3.8, 4) is 0 Å². The van der Waals surface area contributed by atoms with Gasteiger partial charge in [-0.05, 0) is 18.2 Å². The molecule has 0 saturated heterocycles.